The van der Waals surface area contributed by atoms with E-state index < -0.39 is 11.6 Å². The van der Waals surface area contributed by atoms with Crippen LogP contribution in [0.4, 0.5) is 0 Å². The fraction of sp³-hybridized carbons (Fsp3) is 0.750. The third-order valence-electron chi connectivity index (χ3n) is 2.81. The van der Waals surface area contributed by atoms with Crippen LogP contribution < -0.4 is 0 Å². The Morgan fingerprint density at radius 2 is 2.00 bits per heavy atom. The first-order valence-electron chi connectivity index (χ1n) is 5.46. The van der Waals surface area contributed by atoms with Gasteiger partial charge in [-0.15, -0.1) is 0 Å². The summed E-state index contributed by atoms with van der Waals surface area (Å²) in [5, 5.41) is 18.7. The van der Waals surface area contributed by atoms with E-state index in [4.69, 9.17) is 5.11 Å². The molecule has 2 N–H and O–H groups in total. The molecule has 15 heavy (non-hydrogen) atoms. The molecule has 88 valence electrons. The molecule has 0 aromatic rings. The van der Waals surface area contributed by atoms with Gasteiger partial charge in [0.1, 0.15) is 0 Å². The fourth-order valence-corrected chi connectivity index (χ4v) is 1.46. The van der Waals surface area contributed by atoms with E-state index in [0.717, 1.165) is 6.42 Å². The molecule has 0 radical (unpaired) electrons. The topological polar surface area (TPSA) is 57.5 Å². The van der Waals surface area contributed by atoms with E-state index in [0.29, 0.717) is 18.4 Å². The molecule has 0 heterocycles. The lowest BCUT2D eigenvalue weighted by atomic mass is 9.87. The van der Waals surface area contributed by atoms with E-state index in [1.165, 1.54) is 0 Å². The molecule has 0 saturated heterocycles. The minimum absolute atomic E-state index is 0.135. The number of carboxylic acid groups (broad SMARTS) is 1. The maximum Gasteiger partial charge on any atom is 0.330 e. The van der Waals surface area contributed by atoms with Crippen molar-refractivity contribution >= 4 is 5.97 Å². The second-order valence-corrected chi connectivity index (χ2v) is 4.38. The predicted molar refractivity (Wildman–Crippen MR) is 60.7 cm³/mol. The molecule has 0 aromatic heterocycles. The van der Waals surface area contributed by atoms with Crippen molar-refractivity contribution in [2.75, 3.05) is 0 Å². The van der Waals surface area contributed by atoms with Gasteiger partial charge in [-0.1, -0.05) is 19.9 Å². The Kier molecular flexibility index (Phi) is 5.58. The highest BCUT2D eigenvalue weighted by atomic mass is 16.4. The average Bonchev–Trinajstić information content (AvgIpc) is 2.16. The van der Waals surface area contributed by atoms with Crippen molar-refractivity contribution in [1.29, 1.82) is 0 Å². The largest absolute Gasteiger partial charge is 0.478 e. The Morgan fingerprint density at radius 3 is 2.33 bits per heavy atom. The zero-order valence-electron chi connectivity index (χ0n) is 10.1. The SMILES string of the molecule is CCC(C=C(C)C(=O)O)CC(C)(O)CC. The highest BCUT2D eigenvalue weighted by molar-refractivity contribution is 5.85. The molecule has 0 aliphatic heterocycles. The quantitative estimate of drug-likeness (QED) is 0.668. The van der Waals surface area contributed by atoms with E-state index in [-0.39, 0.29) is 5.92 Å². The van der Waals surface area contributed by atoms with Gasteiger partial charge in [-0.3, -0.25) is 0 Å². The lowest BCUT2D eigenvalue weighted by molar-refractivity contribution is -0.132. The minimum Gasteiger partial charge on any atom is -0.478 e. The number of carbonyl (C=O) groups is 1. The van der Waals surface area contributed by atoms with Crippen molar-refractivity contribution in [3.63, 3.8) is 0 Å². The highest BCUT2D eigenvalue weighted by Crippen LogP contribution is 2.24. The summed E-state index contributed by atoms with van der Waals surface area (Å²) in [6.45, 7) is 7.31. The second kappa shape index (κ2) is 5.91. The Balaban J connectivity index is 4.52. The molecule has 0 rings (SSSR count). The molecule has 0 aliphatic carbocycles. The first-order chi connectivity index (χ1) is 6.82. The summed E-state index contributed by atoms with van der Waals surface area (Å²) in [4.78, 5) is 10.7. The molecule has 3 heteroatoms. The second-order valence-electron chi connectivity index (χ2n) is 4.38. The van der Waals surface area contributed by atoms with E-state index in [1.54, 1.807) is 19.9 Å². The van der Waals surface area contributed by atoms with Crippen LogP contribution >= 0.6 is 0 Å². The molecule has 0 saturated carbocycles. The molecule has 2 unspecified atom stereocenters. The van der Waals surface area contributed by atoms with Gasteiger partial charge in [-0.25, -0.2) is 4.79 Å². The van der Waals surface area contributed by atoms with E-state index in [2.05, 4.69) is 0 Å². The van der Waals surface area contributed by atoms with Gasteiger partial charge in [0.15, 0.2) is 0 Å². The van der Waals surface area contributed by atoms with E-state index >= 15 is 0 Å². The summed E-state index contributed by atoms with van der Waals surface area (Å²) in [6.07, 6.45) is 3.89. The molecule has 0 fully saturated rings. The van der Waals surface area contributed by atoms with Gasteiger partial charge in [0.2, 0.25) is 0 Å². The highest BCUT2D eigenvalue weighted by Gasteiger charge is 2.21. The molecular formula is C12H22O3. The lowest BCUT2D eigenvalue weighted by Gasteiger charge is -2.25. The average molecular weight is 214 g/mol. The monoisotopic (exact) mass is 214 g/mol. The summed E-state index contributed by atoms with van der Waals surface area (Å²) in [5.74, 6) is -0.749. The van der Waals surface area contributed by atoms with Crippen molar-refractivity contribution in [2.45, 2.75) is 52.6 Å². The number of aliphatic hydroxyl groups is 1. The number of carboxylic acids is 1. The van der Waals surface area contributed by atoms with Crippen LogP contribution in [0.3, 0.4) is 0 Å². The molecule has 3 nitrogen and oxygen atoms in total. The number of hydrogen-bond donors (Lipinski definition) is 2. The molecule has 0 aromatic carbocycles. The first-order valence-corrected chi connectivity index (χ1v) is 5.46. The molecule has 0 bridgehead atoms. The summed E-state index contributed by atoms with van der Waals surface area (Å²) in [6, 6.07) is 0. The van der Waals surface area contributed by atoms with Crippen LogP contribution in [0.2, 0.25) is 0 Å². The van der Waals surface area contributed by atoms with Gasteiger partial charge < -0.3 is 10.2 Å². The van der Waals surface area contributed by atoms with Crippen LogP contribution in [-0.2, 0) is 4.79 Å². The molecule has 0 aliphatic rings. The third-order valence-corrected chi connectivity index (χ3v) is 2.81. The van der Waals surface area contributed by atoms with Gasteiger partial charge in [-0.2, -0.15) is 0 Å². The molecule has 0 spiro atoms. The number of aliphatic carboxylic acids is 1. The standard InChI is InChI=1S/C12H22O3/c1-5-10(7-9(3)11(13)14)8-12(4,15)6-2/h7,10,15H,5-6,8H2,1-4H3,(H,13,14). The van der Waals surface area contributed by atoms with Crippen LogP contribution in [0, 0.1) is 5.92 Å². The summed E-state index contributed by atoms with van der Waals surface area (Å²) in [7, 11) is 0. The Labute approximate surface area is 91.8 Å². The number of rotatable bonds is 6. The maximum absolute atomic E-state index is 10.7. The fourth-order valence-electron chi connectivity index (χ4n) is 1.46. The summed E-state index contributed by atoms with van der Waals surface area (Å²) in [5.41, 5.74) is -0.343. The minimum atomic E-state index is -0.885. The van der Waals surface area contributed by atoms with Gasteiger partial charge >= 0.3 is 5.97 Å². The van der Waals surface area contributed by atoms with Crippen LogP contribution in [0.1, 0.15) is 47.0 Å². The van der Waals surface area contributed by atoms with Gasteiger partial charge in [0.25, 0.3) is 0 Å². The number of hydrogen-bond acceptors (Lipinski definition) is 2. The van der Waals surface area contributed by atoms with E-state index in [1.807, 2.05) is 13.8 Å². The van der Waals surface area contributed by atoms with Crippen molar-refractivity contribution in [3.8, 4) is 0 Å². The molecule has 0 amide bonds. The number of allylic oxidation sites excluding steroid dienone is 1. The van der Waals surface area contributed by atoms with Gasteiger partial charge in [-0.05, 0) is 39.0 Å². The van der Waals surface area contributed by atoms with Crippen molar-refractivity contribution < 1.29 is 15.0 Å². The Bertz CT molecular complexity index is 241. The maximum atomic E-state index is 10.7. The lowest BCUT2D eigenvalue weighted by Crippen LogP contribution is -2.26. The van der Waals surface area contributed by atoms with Gasteiger partial charge in [0.05, 0.1) is 5.60 Å². The first kappa shape index (κ1) is 14.2. The van der Waals surface area contributed by atoms with Crippen LogP contribution in [0.5, 0.6) is 0 Å². The summed E-state index contributed by atoms with van der Waals surface area (Å²) >= 11 is 0. The molecular weight excluding hydrogens is 192 g/mol. The smallest absolute Gasteiger partial charge is 0.330 e. The van der Waals surface area contributed by atoms with E-state index in [9.17, 15) is 9.90 Å². The third kappa shape index (κ3) is 5.57. The van der Waals surface area contributed by atoms with Crippen molar-refractivity contribution in [1.82, 2.24) is 0 Å². The van der Waals surface area contributed by atoms with Crippen molar-refractivity contribution in [2.24, 2.45) is 5.92 Å². The van der Waals surface area contributed by atoms with Crippen molar-refractivity contribution in [3.05, 3.63) is 11.6 Å². The van der Waals surface area contributed by atoms with Crippen LogP contribution in [0.15, 0.2) is 11.6 Å². The van der Waals surface area contributed by atoms with Crippen LogP contribution in [0.25, 0.3) is 0 Å². The normalized spacial score (nSPS) is 18.3. The zero-order valence-corrected chi connectivity index (χ0v) is 10.1. The van der Waals surface area contributed by atoms with Gasteiger partial charge in [0, 0.05) is 5.57 Å². The zero-order chi connectivity index (χ0) is 12.1. The van der Waals surface area contributed by atoms with Crippen LogP contribution in [-0.4, -0.2) is 21.8 Å². The Hall–Kier alpha value is -0.830. The Morgan fingerprint density at radius 1 is 1.47 bits per heavy atom. The molecule has 2 atom stereocenters. The predicted octanol–water partition coefficient (Wildman–Crippen LogP) is 2.59. The summed E-state index contributed by atoms with van der Waals surface area (Å²) < 4.78 is 0.